The van der Waals surface area contributed by atoms with Crippen molar-refractivity contribution in [2.45, 2.75) is 102 Å². The first-order valence-electron chi connectivity index (χ1n) is 19.1. The number of carbonyl (C=O) groups is 4. The van der Waals surface area contributed by atoms with Crippen LogP contribution in [0.3, 0.4) is 0 Å². The second-order valence-electron chi connectivity index (χ2n) is 17.4. The van der Waals surface area contributed by atoms with Gasteiger partial charge in [-0.1, -0.05) is 38.4 Å². The van der Waals surface area contributed by atoms with Gasteiger partial charge in [0, 0.05) is 28.1 Å². The van der Waals surface area contributed by atoms with Crippen molar-refractivity contribution >= 4 is 78.3 Å². The van der Waals surface area contributed by atoms with Gasteiger partial charge in [-0.25, -0.2) is 18.2 Å². The number of halogens is 1. The van der Waals surface area contributed by atoms with Gasteiger partial charge in [-0.3, -0.25) is 19.1 Å². The van der Waals surface area contributed by atoms with Gasteiger partial charge in [-0.15, -0.1) is 6.58 Å². The van der Waals surface area contributed by atoms with Crippen LogP contribution < -0.4 is 24.8 Å². The number of furan rings is 1. The van der Waals surface area contributed by atoms with Crippen LogP contribution in [0.4, 0.5) is 4.79 Å². The molecule has 2 aromatic carbocycles. The molecule has 0 spiro atoms. The van der Waals surface area contributed by atoms with E-state index in [1.165, 1.54) is 18.1 Å². The topological polar surface area (TPSA) is 195 Å². The summed E-state index contributed by atoms with van der Waals surface area (Å²) < 4.78 is 51.7. The summed E-state index contributed by atoms with van der Waals surface area (Å²) in [6, 6.07) is 8.17. The van der Waals surface area contributed by atoms with E-state index in [1.807, 2.05) is 6.07 Å². The molecule has 15 nitrogen and oxygen atoms in total. The van der Waals surface area contributed by atoms with Crippen LogP contribution in [0.25, 0.3) is 32.8 Å². The number of amides is 4. The standard InChI is InChI=1S/C41H48ClN5O10S/c1-9-21-19-41(21,37(50)46-58(52,53)25-12-13-25)45-34(48)29-18-24(20-47(29)36(49)33(39(2,3)4)44-38(51)57-40(5,6)7)55-35-27-17-23(54-8)11-14-26(27)32-31(43-35)28-16-22(42)10-15-30(28)56-32/h9-11,14-17,21,24-25,29,33H,1,12-13,18-20H2,2-8H3,(H,44,51)(H,45,48)(H,46,50)/t21-,24-,29+,33-,41-/m1/s1. The third-order valence-electron chi connectivity index (χ3n) is 10.7. The normalized spacial score (nSPS) is 22.7. The molecule has 1 saturated heterocycles. The van der Waals surface area contributed by atoms with Gasteiger partial charge in [0.05, 0.1) is 24.3 Å². The van der Waals surface area contributed by atoms with E-state index in [0.717, 1.165) is 0 Å². The number of nitrogens with zero attached hydrogens (tertiary/aromatic N) is 2. The van der Waals surface area contributed by atoms with Crippen molar-refractivity contribution < 1.29 is 46.2 Å². The van der Waals surface area contributed by atoms with Crippen molar-refractivity contribution in [2.75, 3.05) is 13.7 Å². The zero-order chi connectivity index (χ0) is 42.1. The molecule has 0 bridgehead atoms. The highest BCUT2D eigenvalue weighted by atomic mass is 35.5. The van der Waals surface area contributed by atoms with Gasteiger partial charge < -0.3 is 34.2 Å². The Morgan fingerprint density at radius 2 is 1.78 bits per heavy atom. The van der Waals surface area contributed by atoms with Crippen LogP contribution in [0.15, 0.2) is 53.5 Å². The Hall–Kier alpha value is -5.09. The van der Waals surface area contributed by atoms with E-state index in [9.17, 15) is 27.6 Å². The number of nitrogens with one attached hydrogen (secondary N) is 3. The first-order valence-corrected chi connectivity index (χ1v) is 21.0. The number of rotatable bonds is 11. The number of aromatic nitrogens is 1. The summed E-state index contributed by atoms with van der Waals surface area (Å²) in [6.45, 7) is 14.1. The Morgan fingerprint density at radius 3 is 2.40 bits per heavy atom. The number of alkyl carbamates (subject to hydrolysis) is 1. The van der Waals surface area contributed by atoms with Crippen molar-refractivity contribution in [3.63, 3.8) is 0 Å². The largest absolute Gasteiger partial charge is 0.497 e. The van der Waals surface area contributed by atoms with Crippen LogP contribution in [0.1, 0.15) is 67.2 Å². The molecule has 2 aliphatic carbocycles. The fourth-order valence-corrected chi connectivity index (χ4v) is 8.96. The Labute approximate surface area is 341 Å². The Morgan fingerprint density at radius 1 is 1.05 bits per heavy atom. The van der Waals surface area contributed by atoms with Gasteiger partial charge in [-0.05, 0) is 81.8 Å². The third kappa shape index (κ3) is 8.00. The fourth-order valence-electron chi connectivity index (χ4n) is 7.42. The lowest BCUT2D eigenvalue weighted by Gasteiger charge is -2.36. The predicted molar refractivity (Wildman–Crippen MR) is 217 cm³/mol. The number of sulfonamides is 1. The summed E-state index contributed by atoms with van der Waals surface area (Å²) in [4.78, 5) is 62.1. The van der Waals surface area contributed by atoms with Crippen LogP contribution in [-0.2, 0) is 29.1 Å². The number of benzene rings is 2. The van der Waals surface area contributed by atoms with Crippen molar-refractivity contribution in [3.05, 3.63) is 54.1 Å². The van der Waals surface area contributed by atoms with E-state index in [4.69, 9.17) is 35.2 Å². The fraction of sp³-hybridized carbons (Fsp3) is 0.488. The van der Waals surface area contributed by atoms with Crippen LogP contribution in [-0.4, -0.2) is 90.3 Å². The molecule has 0 unspecified atom stereocenters. The van der Waals surface area contributed by atoms with Gasteiger partial charge in [0.2, 0.25) is 27.7 Å². The molecule has 7 rings (SSSR count). The highest BCUT2D eigenvalue weighted by molar-refractivity contribution is 7.91. The molecule has 4 aromatic rings. The lowest BCUT2D eigenvalue weighted by molar-refractivity contribution is -0.143. The number of carbonyl (C=O) groups excluding carboxylic acids is 4. The monoisotopic (exact) mass is 837 g/mol. The minimum absolute atomic E-state index is 0.0547. The molecular formula is C41H48ClN5O10S. The summed E-state index contributed by atoms with van der Waals surface area (Å²) in [5.74, 6) is -2.04. The minimum Gasteiger partial charge on any atom is -0.497 e. The summed E-state index contributed by atoms with van der Waals surface area (Å²) >= 11 is 6.37. The number of hydrogen-bond acceptors (Lipinski definition) is 11. The molecule has 4 amide bonds. The average Bonchev–Trinajstić information content (AvgIpc) is 4.05. The molecule has 2 saturated carbocycles. The highest BCUT2D eigenvalue weighted by Gasteiger charge is 2.62. The van der Waals surface area contributed by atoms with Crippen molar-refractivity contribution in [1.29, 1.82) is 0 Å². The molecule has 3 aliphatic rings. The van der Waals surface area contributed by atoms with E-state index in [1.54, 1.807) is 71.9 Å². The summed E-state index contributed by atoms with van der Waals surface area (Å²) in [7, 11) is -2.41. The highest BCUT2D eigenvalue weighted by Crippen LogP contribution is 2.46. The number of methoxy groups -OCH3 is 1. The zero-order valence-electron chi connectivity index (χ0n) is 33.4. The average molecular weight is 838 g/mol. The molecule has 3 fully saturated rings. The molecule has 3 heterocycles. The van der Waals surface area contributed by atoms with Crippen molar-refractivity contribution in [2.24, 2.45) is 11.3 Å². The van der Waals surface area contributed by atoms with E-state index in [-0.39, 0.29) is 25.3 Å². The molecule has 2 aromatic heterocycles. The SMILES string of the molecule is C=C[C@@H]1C[C@]1(NC(=O)[C@@H]1C[C@@H](Oc2nc3c4cc(Cl)ccc4oc3c3ccc(OC)cc23)CN1C(=O)[C@@H](NC(=O)OC(C)(C)C)C(C)(C)C)C(=O)NS(=O)(=O)C1CC1. The summed E-state index contributed by atoms with van der Waals surface area (Å²) in [5, 5.41) is 7.18. The maximum absolute atomic E-state index is 14.7. The van der Waals surface area contributed by atoms with E-state index in [2.05, 4.69) is 21.9 Å². The number of pyridine rings is 1. The third-order valence-corrected chi connectivity index (χ3v) is 12.7. The molecule has 310 valence electrons. The molecule has 5 atom stereocenters. The minimum atomic E-state index is -3.94. The van der Waals surface area contributed by atoms with Gasteiger partial charge in [-0.2, -0.15) is 0 Å². The van der Waals surface area contributed by atoms with E-state index in [0.29, 0.717) is 56.5 Å². The Bertz CT molecular complexity index is 2470. The van der Waals surface area contributed by atoms with E-state index < -0.39 is 79.7 Å². The Balaban J connectivity index is 1.26. The molecule has 3 N–H and O–H groups in total. The van der Waals surface area contributed by atoms with Gasteiger partial charge in [0.1, 0.15) is 46.2 Å². The molecule has 0 radical (unpaired) electrons. The smallest absolute Gasteiger partial charge is 0.408 e. The molecule has 1 aliphatic heterocycles. The number of likely N-dealkylation sites (tertiary alicyclic amines) is 1. The van der Waals surface area contributed by atoms with E-state index >= 15 is 0 Å². The van der Waals surface area contributed by atoms with Crippen LogP contribution in [0, 0.1) is 11.3 Å². The van der Waals surface area contributed by atoms with Crippen molar-refractivity contribution in [1.82, 2.24) is 25.2 Å². The van der Waals surface area contributed by atoms with Gasteiger partial charge >= 0.3 is 6.09 Å². The number of hydrogen-bond donors (Lipinski definition) is 3. The predicted octanol–water partition coefficient (Wildman–Crippen LogP) is 5.75. The number of ether oxygens (including phenoxy) is 3. The quantitative estimate of drug-likeness (QED) is 0.156. The van der Waals surface area contributed by atoms with Crippen LogP contribution in [0.2, 0.25) is 5.02 Å². The summed E-state index contributed by atoms with van der Waals surface area (Å²) in [6.07, 6.45) is 0.765. The molecular weight excluding hydrogens is 790 g/mol. The first-order chi connectivity index (χ1) is 27.1. The van der Waals surface area contributed by atoms with Crippen molar-refractivity contribution in [3.8, 4) is 11.6 Å². The molecule has 17 heteroatoms. The zero-order valence-corrected chi connectivity index (χ0v) is 35.0. The second-order valence-corrected chi connectivity index (χ2v) is 19.8. The Kier molecular flexibility index (Phi) is 10.4. The van der Waals surface area contributed by atoms with Crippen LogP contribution in [0.5, 0.6) is 11.6 Å². The maximum atomic E-state index is 14.7. The first kappa shape index (κ1) is 41.1. The molecule has 58 heavy (non-hydrogen) atoms. The number of fused-ring (bicyclic) bond motifs is 5. The van der Waals surface area contributed by atoms with Gasteiger partial charge in [0.25, 0.3) is 5.91 Å². The second kappa shape index (κ2) is 14.6. The lowest BCUT2D eigenvalue weighted by Crippen LogP contribution is -2.60. The maximum Gasteiger partial charge on any atom is 0.408 e. The van der Waals surface area contributed by atoms with Gasteiger partial charge in [0.15, 0.2) is 5.58 Å². The lowest BCUT2D eigenvalue weighted by atomic mass is 9.85. The van der Waals surface area contributed by atoms with Crippen LogP contribution >= 0.6 is 11.6 Å². The summed E-state index contributed by atoms with van der Waals surface area (Å²) in [5.41, 5.74) is -1.78.